The molecule has 0 amide bonds. The summed E-state index contributed by atoms with van der Waals surface area (Å²) >= 11 is 0. The highest BCUT2D eigenvalue weighted by atomic mass is 19.4. The molecule has 7 heteroatoms. The Hall–Kier alpha value is -3.06. The van der Waals surface area contributed by atoms with Gasteiger partial charge in [0.15, 0.2) is 0 Å². The number of nitrogens with one attached hydrogen (secondary N) is 1. The third-order valence-corrected chi connectivity index (χ3v) is 5.49. The molecule has 0 bridgehead atoms. The number of halogens is 4. The van der Waals surface area contributed by atoms with Crippen LogP contribution in [0.2, 0.25) is 0 Å². The van der Waals surface area contributed by atoms with Crippen LogP contribution in [-0.4, -0.2) is 23.6 Å². The number of nitrogens with zero attached hydrogens (tertiary/aromatic N) is 1. The van der Waals surface area contributed by atoms with Gasteiger partial charge in [0.1, 0.15) is 12.0 Å². The van der Waals surface area contributed by atoms with Gasteiger partial charge < -0.3 is 15.3 Å². The fourth-order valence-corrected chi connectivity index (χ4v) is 3.72. The van der Waals surface area contributed by atoms with Crippen molar-refractivity contribution in [1.82, 2.24) is 5.32 Å². The maximum atomic E-state index is 13.9. The Morgan fingerprint density at radius 2 is 1.69 bits per heavy atom. The van der Waals surface area contributed by atoms with E-state index in [1.807, 2.05) is 6.07 Å². The first-order chi connectivity index (χ1) is 15.1. The Morgan fingerprint density at radius 1 is 1.06 bits per heavy atom. The first-order valence-corrected chi connectivity index (χ1v) is 10.3. The molecular weight excluding hydrogens is 420 g/mol. The summed E-state index contributed by atoms with van der Waals surface area (Å²) < 4.78 is 54.9. The van der Waals surface area contributed by atoms with Crippen LogP contribution in [0.4, 0.5) is 23.2 Å². The number of anilines is 1. The highest BCUT2D eigenvalue weighted by molar-refractivity contribution is 5.68. The van der Waals surface area contributed by atoms with Crippen LogP contribution in [0.5, 0.6) is 0 Å². The standard InChI is InChI=1S/C25H26F4N2O/c1-5-20(21(6-2)25(27,28)29)24-30-23(16(4)32)14-31(24)19-11-9-17(10-12-19)18-8-7-15(3)22(26)13-18/h5-14,16,24,30,32H,1-4H3/b20-5+,21-6+. The Bertz CT molecular complexity index is 1070. The van der Waals surface area contributed by atoms with Crippen LogP contribution in [-0.2, 0) is 0 Å². The van der Waals surface area contributed by atoms with Crippen molar-refractivity contribution < 1.29 is 22.7 Å². The van der Waals surface area contributed by atoms with E-state index in [2.05, 4.69) is 5.32 Å². The molecule has 0 aromatic heterocycles. The maximum absolute atomic E-state index is 13.9. The van der Waals surface area contributed by atoms with E-state index in [9.17, 15) is 22.7 Å². The van der Waals surface area contributed by atoms with Crippen LogP contribution in [0.25, 0.3) is 11.1 Å². The Kier molecular flexibility index (Phi) is 6.79. The van der Waals surface area contributed by atoms with Crippen molar-refractivity contribution in [1.29, 1.82) is 0 Å². The number of allylic oxidation sites excluding steroid dienone is 2. The number of aliphatic hydroxyl groups excluding tert-OH is 1. The topological polar surface area (TPSA) is 35.5 Å². The lowest BCUT2D eigenvalue weighted by Gasteiger charge is -2.30. The minimum atomic E-state index is -4.52. The molecule has 0 radical (unpaired) electrons. The van der Waals surface area contributed by atoms with Gasteiger partial charge in [-0.05, 0) is 62.6 Å². The molecule has 0 saturated carbocycles. The van der Waals surface area contributed by atoms with Crippen LogP contribution in [0.15, 0.2) is 77.7 Å². The van der Waals surface area contributed by atoms with Gasteiger partial charge in [-0.25, -0.2) is 4.39 Å². The Balaban J connectivity index is 1.99. The molecule has 2 unspecified atom stereocenters. The third-order valence-electron chi connectivity index (χ3n) is 5.49. The summed E-state index contributed by atoms with van der Waals surface area (Å²) in [5.41, 5.74) is 2.40. The van der Waals surface area contributed by atoms with E-state index in [-0.39, 0.29) is 11.4 Å². The molecule has 3 nitrogen and oxygen atoms in total. The van der Waals surface area contributed by atoms with Crippen molar-refractivity contribution in [2.24, 2.45) is 0 Å². The third kappa shape index (κ3) is 4.72. The zero-order valence-electron chi connectivity index (χ0n) is 18.3. The lowest BCUT2D eigenvalue weighted by atomic mass is 10.0. The average molecular weight is 446 g/mol. The minimum Gasteiger partial charge on any atom is -0.387 e. The predicted molar refractivity (Wildman–Crippen MR) is 119 cm³/mol. The predicted octanol–water partition coefficient (Wildman–Crippen LogP) is 6.21. The first kappa shape index (κ1) is 23.6. The van der Waals surface area contributed by atoms with Gasteiger partial charge in [-0.15, -0.1) is 0 Å². The molecule has 2 aromatic rings. The zero-order chi connectivity index (χ0) is 23.6. The van der Waals surface area contributed by atoms with Gasteiger partial charge in [0.05, 0.1) is 17.4 Å². The van der Waals surface area contributed by atoms with Gasteiger partial charge in [0.25, 0.3) is 0 Å². The smallest absolute Gasteiger partial charge is 0.387 e. The molecule has 1 heterocycles. The summed E-state index contributed by atoms with van der Waals surface area (Å²) in [6.45, 7) is 6.14. The second-order valence-electron chi connectivity index (χ2n) is 7.67. The molecular formula is C25H26F4N2O. The summed E-state index contributed by atoms with van der Waals surface area (Å²) in [4.78, 5) is 1.66. The summed E-state index contributed by atoms with van der Waals surface area (Å²) in [7, 11) is 0. The molecule has 3 rings (SSSR count). The summed E-state index contributed by atoms with van der Waals surface area (Å²) in [6, 6.07) is 12.1. The monoisotopic (exact) mass is 446 g/mol. The number of alkyl halides is 3. The fourth-order valence-electron chi connectivity index (χ4n) is 3.72. The van der Waals surface area contributed by atoms with Crippen LogP contribution in [0.3, 0.4) is 0 Å². The van der Waals surface area contributed by atoms with E-state index in [1.165, 1.54) is 19.1 Å². The van der Waals surface area contributed by atoms with E-state index >= 15 is 0 Å². The largest absolute Gasteiger partial charge is 0.416 e. The highest BCUT2D eigenvalue weighted by Gasteiger charge is 2.40. The van der Waals surface area contributed by atoms with Crippen LogP contribution < -0.4 is 10.2 Å². The minimum absolute atomic E-state index is 0.0524. The fraction of sp³-hybridized carbons (Fsp3) is 0.280. The quantitative estimate of drug-likeness (QED) is 0.423. The van der Waals surface area contributed by atoms with Crippen LogP contribution in [0, 0.1) is 12.7 Å². The Morgan fingerprint density at radius 3 is 2.19 bits per heavy atom. The number of hydrogen-bond acceptors (Lipinski definition) is 3. The molecule has 1 aliphatic rings. The maximum Gasteiger partial charge on any atom is 0.416 e. The lowest BCUT2D eigenvalue weighted by molar-refractivity contribution is -0.0899. The van der Waals surface area contributed by atoms with Crippen molar-refractivity contribution in [2.75, 3.05) is 4.90 Å². The van der Waals surface area contributed by atoms with Gasteiger partial charge >= 0.3 is 6.18 Å². The number of benzene rings is 2. The van der Waals surface area contributed by atoms with E-state index < -0.39 is 24.0 Å². The summed E-state index contributed by atoms with van der Waals surface area (Å²) in [5, 5.41) is 13.1. The van der Waals surface area contributed by atoms with E-state index in [0.29, 0.717) is 22.5 Å². The molecule has 32 heavy (non-hydrogen) atoms. The lowest BCUT2D eigenvalue weighted by Crippen LogP contribution is -2.41. The van der Waals surface area contributed by atoms with Gasteiger partial charge in [-0.3, -0.25) is 0 Å². The number of hydrogen-bond donors (Lipinski definition) is 2. The summed E-state index contributed by atoms with van der Waals surface area (Å²) in [5.74, 6) is -0.302. The van der Waals surface area contributed by atoms with Gasteiger partial charge in [0, 0.05) is 17.5 Å². The van der Waals surface area contributed by atoms with Crippen molar-refractivity contribution in [3.8, 4) is 11.1 Å². The number of rotatable bonds is 5. The van der Waals surface area contributed by atoms with Crippen molar-refractivity contribution in [3.05, 3.63) is 89.0 Å². The molecule has 0 saturated heterocycles. The van der Waals surface area contributed by atoms with E-state index in [1.54, 1.807) is 62.2 Å². The van der Waals surface area contributed by atoms with Crippen molar-refractivity contribution in [3.63, 3.8) is 0 Å². The second kappa shape index (κ2) is 9.20. The molecule has 0 fully saturated rings. The molecule has 2 N–H and O–H groups in total. The van der Waals surface area contributed by atoms with Crippen molar-refractivity contribution >= 4 is 5.69 Å². The van der Waals surface area contributed by atoms with E-state index in [4.69, 9.17) is 0 Å². The molecule has 170 valence electrons. The molecule has 2 atom stereocenters. The van der Waals surface area contributed by atoms with Gasteiger partial charge in [0.2, 0.25) is 0 Å². The average Bonchev–Trinajstić information content (AvgIpc) is 3.18. The second-order valence-corrected chi connectivity index (χ2v) is 7.67. The molecule has 0 spiro atoms. The highest BCUT2D eigenvalue weighted by Crippen LogP contribution is 2.37. The van der Waals surface area contributed by atoms with E-state index in [0.717, 1.165) is 11.6 Å². The first-order valence-electron chi connectivity index (χ1n) is 10.3. The van der Waals surface area contributed by atoms with Crippen LogP contribution >= 0.6 is 0 Å². The normalized spacial score (nSPS) is 18.5. The Labute approximate surface area is 185 Å². The summed E-state index contributed by atoms with van der Waals surface area (Å²) in [6.07, 6.45) is -2.16. The van der Waals surface area contributed by atoms with Gasteiger partial charge in [-0.1, -0.05) is 36.4 Å². The number of aliphatic hydroxyl groups is 1. The molecule has 1 aliphatic heterocycles. The number of aryl methyl sites for hydroxylation is 1. The SMILES string of the molecule is C/C=C(\C(=C/C)C(F)(F)F)C1NC(C(C)O)=CN1c1ccc(-c2ccc(C)c(F)c2)cc1. The van der Waals surface area contributed by atoms with Crippen molar-refractivity contribution in [2.45, 2.75) is 46.1 Å². The molecule has 2 aromatic carbocycles. The van der Waals surface area contributed by atoms with Crippen LogP contribution in [0.1, 0.15) is 26.3 Å². The van der Waals surface area contributed by atoms with Gasteiger partial charge in [-0.2, -0.15) is 13.2 Å². The zero-order valence-corrected chi connectivity index (χ0v) is 18.3. The molecule has 0 aliphatic carbocycles.